The van der Waals surface area contributed by atoms with Crippen LogP contribution in [0.2, 0.25) is 37.8 Å². The van der Waals surface area contributed by atoms with Crippen LogP contribution in [0.25, 0.3) is 0 Å². The van der Waals surface area contributed by atoms with Crippen molar-refractivity contribution >= 4 is 22.5 Å². The molecule has 3 rings (SSSR count). The Bertz CT molecular complexity index is 910. The molecular formula is C25H41NO6Si2. The van der Waals surface area contributed by atoms with Gasteiger partial charge in [0, 0.05) is 0 Å². The molecule has 190 valence electrons. The summed E-state index contributed by atoms with van der Waals surface area (Å²) in [5.41, 5.74) is -1.60. The van der Waals surface area contributed by atoms with Crippen molar-refractivity contribution in [2.24, 2.45) is 0 Å². The van der Waals surface area contributed by atoms with Gasteiger partial charge in [-0.05, 0) is 49.4 Å². The molecule has 4 atom stereocenters. The Morgan fingerprint density at radius 3 is 2.15 bits per heavy atom. The van der Waals surface area contributed by atoms with Crippen molar-refractivity contribution in [3.63, 3.8) is 0 Å². The Morgan fingerprint density at radius 1 is 1.03 bits per heavy atom. The van der Waals surface area contributed by atoms with Gasteiger partial charge in [0.05, 0.1) is 13.0 Å². The zero-order valence-electron chi connectivity index (χ0n) is 21.8. The SMILES string of the molecule is CC(C)(C)[Si](C)(C)OC1C(O[Si](C)(C)C)C2(C=CC1(O)CO)CC(=O)N2OCc1ccccc1. The summed E-state index contributed by atoms with van der Waals surface area (Å²) in [4.78, 5) is 18.8. The summed E-state index contributed by atoms with van der Waals surface area (Å²) in [6.45, 7) is 16.5. The summed E-state index contributed by atoms with van der Waals surface area (Å²) in [7, 11) is -4.57. The quantitative estimate of drug-likeness (QED) is 0.314. The molecule has 9 heteroatoms. The van der Waals surface area contributed by atoms with Gasteiger partial charge in [0.15, 0.2) is 16.6 Å². The Morgan fingerprint density at radius 2 is 1.65 bits per heavy atom. The van der Waals surface area contributed by atoms with E-state index in [1.807, 2.05) is 30.3 Å². The van der Waals surface area contributed by atoms with Gasteiger partial charge in [-0.1, -0.05) is 57.2 Å². The molecule has 1 aliphatic heterocycles. The second-order valence-corrected chi connectivity index (χ2v) is 21.3. The lowest BCUT2D eigenvalue weighted by Gasteiger charge is -2.60. The predicted molar refractivity (Wildman–Crippen MR) is 137 cm³/mol. The van der Waals surface area contributed by atoms with Gasteiger partial charge in [-0.15, -0.1) is 0 Å². The standard InChI is InChI=1S/C25H41NO6Si2/c1-23(2,3)34(7,8)32-22-21(31-33(4,5)6)24(14-15-25(22,29)18-27)16-20(28)26(24)30-17-19-12-10-9-11-13-19/h9-15,21-22,27,29H,16-18H2,1-8H3. The van der Waals surface area contributed by atoms with Crippen molar-refractivity contribution in [2.45, 2.75) is 94.9 Å². The fourth-order valence-corrected chi connectivity index (χ4v) is 6.53. The normalized spacial score (nSPS) is 30.1. The number of aliphatic hydroxyl groups is 2. The maximum atomic E-state index is 12.8. The first-order valence-corrected chi connectivity index (χ1v) is 18.3. The minimum Gasteiger partial charge on any atom is -0.409 e. The van der Waals surface area contributed by atoms with E-state index in [1.165, 1.54) is 5.06 Å². The summed E-state index contributed by atoms with van der Waals surface area (Å²) < 4.78 is 13.4. The summed E-state index contributed by atoms with van der Waals surface area (Å²) in [6, 6.07) is 9.66. The van der Waals surface area contributed by atoms with E-state index in [0.717, 1.165) is 5.56 Å². The molecule has 1 aromatic carbocycles. The number of rotatable bonds is 8. The van der Waals surface area contributed by atoms with Crippen molar-refractivity contribution in [1.29, 1.82) is 0 Å². The molecule has 1 saturated heterocycles. The molecule has 2 aliphatic rings. The maximum Gasteiger partial charge on any atom is 0.249 e. The highest BCUT2D eigenvalue weighted by molar-refractivity contribution is 6.74. The highest BCUT2D eigenvalue weighted by Gasteiger charge is 2.65. The third kappa shape index (κ3) is 5.25. The van der Waals surface area contributed by atoms with E-state index in [1.54, 1.807) is 12.2 Å². The summed E-state index contributed by atoms with van der Waals surface area (Å²) in [5, 5.41) is 23.0. The molecule has 1 amide bonds. The maximum absolute atomic E-state index is 12.8. The van der Waals surface area contributed by atoms with Gasteiger partial charge >= 0.3 is 0 Å². The number of hydrogen-bond acceptors (Lipinski definition) is 6. The smallest absolute Gasteiger partial charge is 0.249 e. The Kier molecular flexibility index (Phi) is 7.43. The minimum absolute atomic E-state index is 0.125. The lowest BCUT2D eigenvalue weighted by atomic mass is 9.70. The average molecular weight is 508 g/mol. The van der Waals surface area contributed by atoms with E-state index in [0.29, 0.717) is 0 Å². The second kappa shape index (κ2) is 9.27. The molecule has 0 radical (unpaired) electrons. The number of amides is 1. The molecule has 7 nitrogen and oxygen atoms in total. The van der Waals surface area contributed by atoms with Crippen molar-refractivity contribution in [3.05, 3.63) is 48.0 Å². The molecule has 4 unspecified atom stereocenters. The number of carbonyl (C=O) groups is 1. The Labute approximate surface area is 205 Å². The van der Waals surface area contributed by atoms with Crippen LogP contribution in [-0.2, 0) is 25.1 Å². The first kappa shape index (κ1) is 27.3. The van der Waals surface area contributed by atoms with Crippen LogP contribution in [0.4, 0.5) is 0 Å². The molecule has 34 heavy (non-hydrogen) atoms. The molecule has 1 spiro atoms. The fourth-order valence-electron chi connectivity index (χ4n) is 4.12. The van der Waals surface area contributed by atoms with Crippen molar-refractivity contribution in [1.82, 2.24) is 5.06 Å². The van der Waals surface area contributed by atoms with Crippen LogP contribution in [0, 0.1) is 0 Å². The van der Waals surface area contributed by atoms with Crippen molar-refractivity contribution < 1.29 is 28.7 Å². The van der Waals surface area contributed by atoms with Gasteiger partial charge in [0.1, 0.15) is 30.0 Å². The fraction of sp³-hybridized carbons (Fsp3) is 0.640. The van der Waals surface area contributed by atoms with Gasteiger partial charge in [-0.25, -0.2) is 5.06 Å². The van der Waals surface area contributed by atoms with Crippen LogP contribution in [-0.4, -0.2) is 67.8 Å². The number of β-lactam (4-membered cyclic amide) rings is 1. The van der Waals surface area contributed by atoms with Crippen LogP contribution < -0.4 is 0 Å². The number of nitrogens with zero attached hydrogens (tertiary/aromatic N) is 1. The Balaban J connectivity index is 2.03. The van der Waals surface area contributed by atoms with Crippen LogP contribution >= 0.6 is 0 Å². The summed E-state index contributed by atoms with van der Waals surface area (Å²) >= 11 is 0. The van der Waals surface area contributed by atoms with Gasteiger partial charge in [-0.3, -0.25) is 9.63 Å². The monoisotopic (exact) mass is 507 g/mol. The molecule has 1 fully saturated rings. The summed E-state index contributed by atoms with van der Waals surface area (Å²) in [5.74, 6) is -0.148. The van der Waals surface area contributed by atoms with E-state index in [-0.39, 0.29) is 24.0 Å². The van der Waals surface area contributed by atoms with E-state index in [9.17, 15) is 15.0 Å². The van der Waals surface area contributed by atoms with Gasteiger partial charge in [-0.2, -0.15) is 0 Å². The predicted octanol–water partition coefficient (Wildman–Crippen LogP) is 3.99. The highest BCUT2D eigenvalue weighted by atomic mass is 28.4. The highest BCUT2D eigenvalue weighted by Crippen LogP contribution is 2.49. The molecule has 0 saturated carbocycles. The van der Waals surface area contributed by atoms with E-state index < -0.39 is 46.6 Å². The first-order valence-electron chi connectivity index (χ1n) is 11.9. The van der Waals surface area contributed by atoms with E-state index in [2.05, 4.69) is 53.5 Å². The topological polar surface area (TPSA) is 88.5 Å². The third-order valence-corrected chi connectivity index (χ3v) is 12.5. The molecule has 0 bridgehead atoms. The van der Waals surface area contributed by atoms with Gasteiger partial charge in [0.2, 0.25) is 5.91 Å². The van der Waals surface area contributed by atoms with Crippen molar-refractivity contribution in [2.75, 3.05) is 6.61 Å². The van der Waals surface area contributed by atoms with Crippen LogP contribution in [0.1, 0.15) is 32.8 Å². The lowest BCUT2D eigenvalue weighted by molar-refractivity contribution is -0.282. The van der Waals surface area contributed by atoms with E-state index >= 15 is 0 Å². The first-order chi connectivity index (χ1) is 15.5. The van der Waals surface area contributed by atoms with Gasteiger partial charge < -0.3 is 19.1 Å². The molecule has 2 N–H and O–H groups in total. The van der Waals surface area contributed by atoms with Gasteiger partial charge in [0.25, 0.3) is 0 Å². The molecular weight excluding hydrogens is 466 g/mol. The number of hydroxylamine groups is 2. The number of carbonyl (C=O) groups excluding carboxylic acids is 1. The van der Waals surface area contributed by atoms with Crippen LogP contribution in [0.5, 0.6) is 0 Å². The zero-order valence-corrected chi connectivity index (χ0v) is 23.8. The lowest BCUT2D eigenvalue weighted by Crippen LogP contribution is -2.77. The molecule has 1 aromatic rings. The molecule has 0 aromatic heterocycles. The van der Waals surface area contributed by atoms with E-state index in [4.69, 9.17) is 13.7 Å². The molecule has 1 heterocycles. The number of benzene rings is 1. The zero-order chi connectivity index (χ0) is 25.6. The number of aliphatic hydroxyl groups excluding tert-OH is 1. The van der Waals surface area contributed by atoms with Crippen LogP contribution in [0.3, 0.4) is 0 Å². The largest absolute Gasteiger partial charge is 0.409 e. The molecule has 1 aliphatic carbocycles. The Hall–Kier alpha value is -1.34. The third-order valence-electron chi connectivity index (χ3n) is 7.12. The van der Waals surface area contributed by atoms with Crippen molar-refractivity contribution in [3.8, 4) is 0 Å². The van der Waals surface area contributed by atoms with Crippen LogP contribution in [0.15, 0.2) is 42.5 Å². The number of hydrogen-bond donors (Lipinski definition) is 2. The summed E-state index contributed by atoms with van der Waals surface area (Å²) in [6.07, 6.45) is 1.98. The second-order valence-electron chi connectivity index (χ2n) is 12.0. The minimum atomic E-state index is -2.39. The average Bonchev–Trinajstić information content (AvgIpc) is 2.71.